The number of ketones is 1. The van der Waals surface area contributed by atoms with Crippen LogP contribution in [-0.4, -0.2) is 29.4 Å². The molecule has 0 aliphatic heterocycles. The summed E-state index contributed by atoms with van der Waals surface area (Å²) >= 11 is 1.88. The zero-order chi connectivity index (χ0) is 27.0. The smallest absolute Gasteiger partial charge is 0.338 e. The molecule has 0 aliphatic carbocycles. The summed E-state index contributed by atoms with van der Waals surface area (Å²) in [6, 6.07) is 19.6. The van der Waals surface area contributed by atoms with E-state index < -0.39 is 11.7 Å². The van der Waals surface area contributed by atoms with Crippen molar-refractivity contribution in [2.24, 2.45) is 0 Å². The van der Waals surface area contributed by atoms with Gasteiger partial charge in [0.1, 0.15) is 6.29 Å². The van der Waals surface area contributed by atoms with Gasteiger partial charge < -0.3 is 9.88 Å². The predicted octanol–water partition coefficient (Wildman–Crippen LogP) is 7.24. The lowest BCUT2D eigenvalue weighted by Crippen LogP contribution is -2.10. The summed E-state index contributed by atoms with van der Waals surface area (Å²) in [6.07, 6.45) is -3.72. The number of thioether (sulfide) groups is 1. The van der Waals surface area contributed by atoms with Crippen molar-refractivity contribution in [3.05, 3.63) is 101 Å². The number of nitrogens with one attached hydrogen (secondary N) is 1. The van der Waals surface area contributed by atoms with E-state index in [1.165, 1.54) is 22.6 Å². The van der Waals surface area contributed by atoms with E-state index in [4.69, 9.17) is 0 Å². The molecule has 0 spiro atoms. The van der Waals surface area contributed by atoms with Crippen molar-refractivity contribution in [3.8, 4) is 0 Å². The maximum absolute atomic E-state index is 12.7. The molecule has 4 aromatic rings. The van der Waals surface area contributed by atoms with E-state index in [-0.39, 0.29) is 11.3 Å². The van der Waals surface area contributed by atoms with E-state index in [9.17, 15) is 22.8 Å². The van der Waals surface area contributed by atoms with E-state index in [2.05, 4.69) is 36.5 Å². The molecule has 1 aromatic heterocycles. The minimum absolute atomic E-state index is 0.182. The maximum Gasteiger partial charge on any atom is 0.416 e. The van der Waals surface area contributed by atoms with Crippen LogP contribution >= 0.6 is 11.8 Å². The van der Waals surface area contributed by atoms with Gasteiger partial charge in [0.15, 0.2) is 0 Å². The maximum atomic E-state index is 12.7. The summed E-state index contributed by atoms with van der Waals surface area (Å²) in [5.74, 6) is 0.783. The Morgan fingerprint density at radius 3 is 2.19 bits per heavy atom. The Balaban J connectivity index is 0.000000266. The van der Waals surface area contributed by atoms with Gasteiger partial charge in [-0.05, 0) is 73.8 Å². The first-order valence-electron chi connectivity index (χ1n) is 11.9. The minimum atomic E-state index is -4.44. The van der Waals surface area contributed by atoms with Crippen LogP contribution in [0.15, 0.2) is 77.7 Å². The fraction of sp³-hybridized carbons (Fsp3) is 0.241. The van der Waals surface area contributed by atoms with E-state index >= 15 is 0 Å². The first-order valence-corrected chi connectivity index (χ1v) is 12.9. The number of fused-ring (bicyclic) bond motifs is 1. The third kappa shape index (κ3) is 7.11. The summed E-state index contributed by atoms with van der Waals surface area (Å²) < 4.78 is 39.7. The van der Waals surface area contributed by atoms with Gasteiger partial charge in [-0.15, -0.1) is 11.8 Å². The van der Waals surface area contributed by atoms with Gasteiger partial charge in [0.05, 0.1) is 11.3 Å². The summed E-state index contributed by atoms with van der Waals surface area (Å²) in [6.45, 7) is 5.52. The molecule has 4 nitrogen and oxygen atoms in total. The normalized spacial score (nSPS) is 11.2. The van der Waals surface area contributed by atoms with Crippen LogP contribution in [-0.2, 0) is 19.3 Å². The monoisotopic (exact) mass is 526 g/mol. The van der Waals surface area contributed by atoms with Gasteiger partial charge in [0.25, 0.3) is 0 Å². The van der Waals surface area contributed by atoms with Crippen LogP contribution in [0, 0.1) is 0 Å². The fourth-order valence-electron chi connectivity index (χ4n) is 3.92. The van der Waals surface area contributed by atoms with Crippen LogP contribution < -0.4 is 5.32 Å². The lowest BCUT2D eigenvalue weighted by atomic mass is 10.1. The van der Waals surface area contributed by atoms with Crippen LogP contribution in [0.3, 0.4) is 0 Å². The number of carbonyl (C=O) groups is 2. The van der Waals surface area contributed by atoms with Crippen molar-refractivity contribution in [2.75, 3.05) is 12.8 Å². The molecule has 8 heteroatoms. The average molecular weight is 527 g/mol. The molecule has 0 saturated heterocycles. The molecule has 1 heterocycles. The van der Waals surface area contributed by atoms with Crippen LogP contribution in [0.2, 0.25) is 0 Å². The minimum Gasteiger partial charge on any atom is -0.338 e. The van der Waals surface area contributed by atoms with Crippen molar-refractivity contribution in [1.82, 2.24) is 9.88 Å². The number of rotatable bonds is 8. The van der Waals surface area contributed by atoms with Gasteiger partial charge in [-0.25, -0.2) is 0 Å². The molecule has 0 aliphatic rings. The van der Waals surface area contributed by atoms with Crippen LogP contribution in [0.5, 0.6) is 0 Å². The molecule has 0 radical (unpaired) electrons. The van der Waals surface area contributed by atoms with Crippen molar-refractivity contribution >= 4 is 34.7 Å². The molecular weight excluding hydrogens is 497 g/mol. The van der Waals surface area contributed by atoms with Crippen LogP contribution in [0.1, 0.15) is 51.4 Å². The highest BCUT2D eigenvalue weighted by atomic mass is 32.2. The Kier molecular flexibility index (Phi) is 9.72. The molecular formula is C29H29F3N2O2S. The number of hydrogen-bond acceptors (Lipinski definition) is 4. The zero-order valence-corrected chi connectivity index (χ0v) is 21.7. The SMILES string of the molecule is CCSc1ccc(CNC)cc1.CCn1c(C(=O)c2ccc(C(F)(F)F)cc2)cc2cc(C=O)ccc21. The Labute approximate surface area is 218 Å². The molecule has 3 aromatic carbocycles. The lowest BCUT2D eigenvalue weighted by molar-refractivity contribution is -0.137. The van der Waals surface area contributed by atoms with Gasteiger partial charge >= 0.3 is 6.18 Å². The van der Waals surface area contributed by atoms with E-state index in [0.29, 0.717) is 17.8 Å². The summed E-state index contributed by atoms with van der Waals surface area (Å²) in [4.78, 5) is 25.0. The Morgan fingerprint density at radius 2 is 1.65 bits per heavy atom. The number of halogens is 3. The highest BCUT2D eigenvalue weighted by Gasteiger charge is 2.30. The van der Waals surface area contributed by atoms with Gasteiger partial charge in [-0.3, -0.25) is 9.59 Å². The highest BCUT2D eigenvalue weighted by molar-refractivity contribution is 7.99. The van der Waals surface area contributed by atoms with Gasteiger partial charge in [-0.1, -0.05) is 31.2 Å². The van der Waals surface area contributed by atoms with Crippen molar-refractivity contribution in [1.29, 1.82) is 0 Å². The third-order valence-corrected chi connectivity index (χ3v) is 6.59. The average Bonchev–Trinajstić information content (AvgIpc) is 3.27. The number of hydrogen-bond donors (Lipinski definition) is 1. The van der Waals surface area contributed by atoms with Crippen molar-refractivity contribution in [2.45, 2.75) is 38.0 Å². The molecule has 0 saturated carbocycles. The van der Waals surface area contributed by atoms with E-state index in [0.717, 1.165) is 41.6 Å². The Morgan fingerprint density at radius 1 is 0.973 bits per heavy atom. The quantitative estimate of drug-likeness (QED) is 0.149. The molecule has 4 rings (SSSR count). The number of nitrogens with zero attached hydrogens (tertiary/aromatic N) is 1. The van der Waals surface area contributed by atoms with Crippen LogP contribution in [0.25, 0.3) is 10.9 Å². The summed E-state index contributed by atoms with van der Waals surface area (Å²) in [5.41, 5.74) is 2.40. The van der Waals surface area contributed by atoms with Gasteiger partial charge in [-0.2, -0.15) is 13.2 Å². The standard InChI is InChI=1S/C19H14F3NO2.C10H15NS/c1-2-23-16-8-3-12(11-24)9-14(16)10-17(23)18(25)13-4-6-15(7-5-13)19(20,21)22;1-3-12-10-6-4-9(5-7-10)8-11-2/h3-11H,2H2,1H3;4-7,11H,3,8H2,1-2H3. The summed E-state index contributed by atoms with van der Waals surface area (Å²) in [7, 11) is 1.97. The molecule has 0 fully saturated rings. The molecule has 0 unspecified atom stereocenters. The Bertz CT molecular complexity index is 1320. The summed E-state index contributed by atoms with van der Waals surface area (Å²) in [5, 5.41) is 3.87. The van der Waals surface area contributed by atoms with E-state index in [1.807, 2.05) is 25.7 Å². The zero-order valence-electron chi connectivity index (χ0n) is 20.9. The molecule has 0 amide bonds. The number of carbonyl (C=O) groups excluding carboxylic acids is 2. The number of benzene rings is 3. The highest BCUT2D eigenvalue weighted by Crippen LogP contribution is 2.30. The predicted molar refractivity (Wildman–Crippen MR) is 143 cm³/mol. The third-order valence-electron chi connectivity index (χ3n) is 5.70. The fourth-order valence-corrected chi connectivity index (χ4v) is 4.59. The first-order chi connectivity index (χ1) is 17.7. The first kappa shape index (κ1) is 28.2. The van der Waals surface area contributed by atoms with Crippen molar-refractivity contribution in [3.63, 3.8) is 0 Å². The van der Waals surface area contributed by atoms with Crippen molar-refractivity contribution < 1.29 is 22.8 Å². The largest absolute Gasteiger partial charge is 0.416 e. The Hall–Kier alpha value is -3.36. The topological polar surface area (TPSA) is 51.1 Å². The van der Waals surface area contributed by atoms with E-state index in [1.54, 1.807) is 28.8 Å². The number of alkyl halides is 3. The van der Waals surface area contributed by atoms with Gasteiger partial charge in [0, 0.05) is 40.0 Å². The lowest BCUT2D eigenvalue weighted by Gasteiger charge is -2.09. The molecule has 1 N–H and O–H groups in total. The second-order valence-electron chi connectivity index (χ2n) is 8.22. The number of aromatic nitrogens is 1. The second kappa shape index (κ2) is 12.7. The number of aryl methyl sites for hydroxylation is 1. The molecule has 37 heavy (non-hydrogen) atoms. The molecule has 0 bridgehead atoms. The van der Waals surface area contributed by atoms with Gasteiger partial charge in [0.2, 0.25) is 5.78 Å². The van der Waals surface area contributed by atoms with Crippen LogP contribution in [0.4, 0.5) is 13.2 Å². The molecule has 194 valence electrons. The second-order valence-corrected chi connectivity index (χ2v) is 9.56. The number of aldehydes is 1. The molecule has 0 atom stereocenters.